The Bertz CT molecular complexity index is 1070. The van der Waals surface area contributed by atoms with Crippen molar-refractivity contribution in [1.29, 1.82) is 0 Å². The highest BCUT2D eigenvalue weighted by Crippen LogP contribution is 2.28. The molecule has 3 rings (SSSR count). The molecule has 31 heavy (non-hydrogen) atoms. The third-order valence-corrected chi connectivity index (χ3v) is 7.07. The Labute approximate surface area is 185 Å². The molecule has 1 heterocycles. The molecule has 0 bridgehead atoms. The molecule has 168 valence electrons. The number of ether oxygens (including phenoxy) is 3. The van der Waals surface area contributed by atoms with Crippen molar-refractivity contribution in [2.75, 3.05) is 20.2 Å². The maximum atomic E-state index is 13.8. The number of hydrogen-bond donors (Lipinski definition) is 0. The van der Waals surface area contributed by atoms with Crippen LogP contribution in [-0.4, -0.2) is 51.1 Å². The third kappa shape index (κ3) is 5.35. The van der Waals surface area contributed by atoms with Gasteiger partial charge in [0.15, 0.2) is 11.6 Å². The van der Waals surface area contributed by atoms with Crippen molar-refractivity contribution in [3.05, 3.63) is 58.4 Å². The molecule has 0 aromatic heterocycles. The number of morpholine rings is 1. The first kappa shape index (κ1) is 23.5. The molecule has 1 aliphatic rings. The predicted molar refractivity (Wildman–Crippen MR) is 112 cm³/mol. The van der Waals surface area contributed by atoms with Crippen molar-refractivity contribution in [3.8, 4) is 5.75 Å². The number of sulfonamides is 1. The molecule has 2 aromatic rings. The van der Waals surface area contributed by atoms with Crippen molar-refractivity contribution < 1.29 is 31.8 Å². The van der Waals surface area contributed by atoms with Crippen LogP contribution in [0.3, 0.4) is 0 Å². The fraction of sp³-hybridized carbons (Fsp3) is 0.381. The number of carbonyl (C=O) groups is 1. The Morgan fingerprint density at radius 2 is 1.87 bits per heavy atom. The molecule has 0 spiro atoms. The number of methoxy groups -OCH3 is 1. The molecular formula is C21H23ClFNO6S. The first-order valence-electron chi connectivity index (χ1n) is 9.56. The second-order valence-corrected chi connectivity index (χ2v) is 9.58. The maximum absolute atomic E-state index is 13.8. The van der Waals surface area contributed by atoms with Gasteiger partial charge in [-0.15, -0.1) is 0 Å². The van der Waals surface area contributed by atoms with E-state index in [-0.39, 0.29) is 53.1 Å². The Morgan fingerprint density at radius 3 is 2.48 bits per heavy atom. The molecule has 1 fully saturated rings. The molecule has 7 nitrogen and oxygen atoms in total. The van der Waals surface area contributed by atoms with E-state index in [9.17, 15) is 17.6 Å². The van der Waals surface area contributed by atoms with Crippen molar-refractivity contribution in [2.24, 2.45) is 0 Å². The van der Waals surface area contributed by atoms with Crippen LogP contribution in [0.1, 0.15) is 29.8 Å². The summed E-state index contributed by atoms with van der Waals surface area (Å²) in [7, 11) is -2.60. The summed E-state index contributed by atoms with van der Waals surface area (Å²) in [6.07, 6.45) is -0.536. The van der Waals surface area contributed by atoms with Gasteiger partial charge in [-0.2, -0.15) is 4.31 Å². The minimum Gasteiger partial charge on any atom is -0.494 e. The Hall–Kier alpha value is -2.20. The largest absolute Gasteiger partial charge is 0.494 e. The summed E-state index contributed by atoms with van der Waals surface area (Å²) in [4.78, 5) is 12.3. The SMILES string of the molecule is COc1ccc(COC(=O)c2ccc(Cl)c(S(=O)(=O)N3CC(C)OC(C)C3)c2)cc1F. The molecule has 1 saturated heterocycles. The summed E-state index contributed by atoms with van der Waals surface area (Å²) in [5.41, 5.74) is 0.441. The smallest absolute Gasteiger partial charge is 0.338 e. The van der Waals surface area contributed by atoms with E-state index in [0.717, 1.165) is 0 Å². The van der Waals surface area contributed by atoms with Crippen molar-refractivity contribution in [1.82, 2.24) is 4.31 Å². The van der Waals surface area contributed by atoms with Gasteiger partial charge in [0.25, 0.3) is 0 Å². The minimum absolute atomic E-state index is 0.000531. The van der Waals surface area contributed by atoms with Crippen LogP contribution in [0, 0.1) is 5.82 Å². The Kier molecular flexibility index (Phi) is 7.20. The molecular weight excluding hydrogens is 449 g/mol. The second-order valence-electron chi connectivity index (χ2n) is 7.27. The van der Waals surface area contributed by atoms with Gasteiger partial charge >= 0.3 is 5.97 Å². The van der Waals surface area contributed by atoms with Gasteiger partial charge in [0, 0.05) is 13.1 Å². The van der Waals surface area contributed by atoms with E-state index >= 15 is 0 Å². The molecule has 2 atom stereocenters. The predicted octanol–water partition coefficient (Wildman–Crippen LogP) is 3.64. The average molecular weight is 472 g/mol. The van der Waals surface area contributed by atoms with Crippen LogP contribution < -0.4 is 4.74 Å². The second kappa shape index (κ2) is 9.52. The quantitative estimate of drug-likeness (QED) is 0.598. The number of benzene rings is 2. The number of hydrogen-bond acceptors (Lipinski definition) is 6. The van der Waals surface area contributed by atoms with Gasteiger partial charge in [-0.3, -0.25) is 0 Å². The van der Waals surface area contributed by atoms with Gasteiger partial charge in [0.2, 0.25) is 10.0 Å². The number of halogens is 2. The minimum atomic E-state index is -3.94. The van der Waals surface area contributed by atoms with E-state index in [0.29, 0.717) is 5.56 Å². The van der Waals surface area contributed by atoms with Crippen molar-refractivity contribution in [2.45, 2.75) is 37.6 Å². The van der Waals surface area contributed by atoms with E-state index in [4.69, 9.17) is 25.8 Å². The van der Waals surface area contributed by atoms with Crippen molar-refractivity contribution in [3.63, 3.8) is 0 Å². The van der Waals surface area contributed by atoms with Gasteiger partial charge in [0.05, 0.1) is 29.9 Å². The van der Waals surface area contributed by atoms with Crippen LogP contribution in [0.15, 0.2) is 41.3 Å². The third-order valence-electron chi connectivity index (χ3n) is 4.76. The van der Waals surface area contributed by atoms with E-state index in [2.05, 4.69) is 0 Å². The zero-order valence-electron chi connectivity index (χ0n) is 17.3. The summed E-state index contributed by atoms with van der Waals surface area (Å²) < 4.78 is 57.0. The molecule has 0 amide bonds. The first-order valence-corrected chi connectivity index (χ1v) is 11.4. The van der Waals surface area contributed by atoms with Gasteiger partial charge in [-0.25, -0.2) is 17.6 Å². The molecule has 2 unspecified atom stereocenters. The summed E-state index contributed by atoms with van der Waals surface area (Å²) in [6.45, 7) is 3.75. The number of esters is 1. The molecule has 0 aliphatic carbocycles. The fourth-order valence-corrected chi connectivity index (χ4v) is 5.42. The highest BCUT2D eigenvalue weighted by molar-refractivity contribution is 7.89. The Morgan fingerprint density at radius 1 is 1.19 bits per heavy atom. The van der Waals surface area contributed by atoms with Crippen LogP contribution in [0.25, 0.3) is 0 Å². The van der Waals surface area contributed by atoms with E-state index in [1.807, 2.05) is 0 Å². The number of carbonyl (C=O) groups excluding carboxylic acids is 1. The highest BCUT2D eigenvalue weighted by Gasteiger charge is 2.34. The normalized spacial score (nSPS) is 19.8. The number of nitrogens with zero attached hydrogens (tertiary/aromatic N) is 1. The van der Waals surface area contributed by atoms with Crippen molar-refractivity contribution >= 4 is 27.6 Å². The molecule has 1 aliphatic heterocycles. The van der Waals surface area contributed by atoms with Gasteiger partial charge < -0.3 is 14.2 Å². The van der Waals surface area contributed by atoms with Gasteiger partial charge in [-0.05, 0) is 49.7 Å². The molecule has 0 radical (unpaired) electrons. The molecule has 0 saturated carbocycles. The monoisotopic (exact) mass is 471 g/mol. The summed E-state index contributed by atoms with van der Waals surface area (Å²) >= 11 is 6.15. The summed E-state index contributed by atoms with van der Waals surface area (Å²) in [5, 5.41) is 0.000531. The van der Waals surface area contributed by atoms with Gasteiger partial charge in [0.1, 0.15) is 11.5 Å². The van der Waals surface area contributed by atoms with E-state index in [1.54, 1.807) is 19.9 Å². The lowest BCUT2D eigenvalue weighted by molar-refractivity contribution is -0.0440. The van der Waals surface area contributed by atoms with Crippen LogP contribution in [0.2, 0.25) is 5.02 Å². The number of rotatable bonds is 6. The van der Waals surface area contributed by atoms with Crippen LogP contribution in [0.4, 0.5) is 4.39 Å². The van der Waals surface area contributed by atoms with E-state index < -0.39 is 21.8 Å². The van der Waals surface area contributed by atoms with Crippen LogP contribution >= 0.6 is 11.6 Å². The Balaban J connectivity index is 1.78. The maximum Gasteiger partial charge on any atom is 0.338 e. The molecule has 2 aromatic carbocycles. The van der Waals surface area contributed by atoms with E-state index in [1.165, 1.54) is 41.7 Å². The average Bonchev–Trinajstić information content (AvgIpc) is 2.71. The van der Waals surface area contributed by atoms with Crippen LogP contribution in [-0.2, 0) is 26.1 Å². The summed E-state index contributed by atoms with van der Waals surface area (Å²) in [5.74, 6) is -1.26. The zero-order valence-corrected chi connectivity index (χ0v) is 18.9. The molecule has 10 heteroatoms. The lowest BCUT2D eigenvalue weighted by Gasteiger charge is -2.34. The first-order chi connectivity index (χ1) is 14.6. The topological polar surface area (TPSA) is 82.1 Å². The lowest BCUT2D eigenvalue weighted by Crippen LogP contribution is -2.48. The lowest BCUT2D eigenvalue weighted by atomic mass is 10.2. The standard InChI is InChI=1S/C21H23ClFNO6S/c1-13-10-24(11-14(2)30-13)31(26,27)20-9-16(5-6-17(20)22)21(25)29-12-15-4-7-19(28-3)18(23)8-15/h4-9,13-14H,10-12H2,1-3H3. The molecule has 0 N–H and O–H groups in total. The highest BCUT2D eigenvalue weighted by atomic mass is 35.5. The van der Waals surface area contributed by atoms with Gasteiger partial charge in [-0.1, -0.05) is 17.7 Å². The fourth-order valence-electron chi connectivity index (χ4n) is 3.33. The van der Waals surface area contributed by atoms with Crippen LogP contribution in [0.5, 0.6) is 5.75 Å². The zero-order chi connectivity index (χ0) is 22.8. The summed E-state index contributed by atoms with van der Waals surface area (Å²) in [6, 6.07) is 8.10.